The molecule has 3 rings (SSSR count). The topological polar surface area (TPSA) is 29.3 Å². The van der Waals surface area contributed by atoms with Gasteiger partial charge in [-0.15, -0.1) is 0 Å². The van der Waals surface area contributed by atoms with Crippen molar-refractivity contribution in [3.8, 4) is 0 Å². The van der Waals surface area contributed by atoms with Crippen molar-refractivity contribution in [2.45, 2.75) is 26.9 Å². The monoisotopic (exact) mass is 238 g/mol. The van der Waals surface area contributed by atoms with Crippen LogP contribution in [0.4, 0.5) is 11.4 Å². The Morgan fingerprint density at radius 2 is 1.61 bits per heavy atom. The van der Waals surface area contributed by atoms with E-state index < -0.39 is 0 Å². The van der Waals surface area contributed by atoms with Gasteiger partial charge in [0.2, 0.25) is 0 Å². The van der Waals surface area contributed by atoms with E-state index in [0.29, 0.717) is 0 Å². The van der Waals surface area contributed by atoms with Crippen LogP contribution in [0.5, 0.6) is 0 Å². The molecule has 0 bridgehead atoms. The number of hydrogen-bond acceptors (Lipinski definition) is 2. The quantitative estimate of drug-likeness (QED) is 0.771. The van der Waals surface area contributed by atoms with Crippen molar-refractivity contribution in [1.29, 1.82) is 0 Å². The van der Waals surface area contributed by atoms with Gasteiger partial charge in [0.15, 0.2) is 0 Å². The van der Waals surface area contributed by atoms with Gasteiger partial charge in [-0.1, -0.05) is 24.3 Å². The molecule has 2 aromatic rings. The summed E-state index contributed by atoms with van der Waals surface area (Å²) in [6, 6.07) is 12.7. The van der Waals surface area contributed by atoms with Gasteiger partial charge in [0.05, 0.1) is 0 Å². The fourth-order valence-corrected chi connectivity index (χ4v) is 2.88. The predicted molar refractivity (Wildman–Crippen MR) is 76.7 cm³/mol. The van der Waals surface area contributed by atoms with Crippen molar-refractivity contribution >= 4 is 11.4 Å². The van der Waals surface area contributed by atoms with E-state index in [9.17, 15) is 0 Å². The maximum atomic E-state index is 5.86. The van der Waals surface area contributed by atoms with Crippen LogP contribution in [0.25, 0.3) is 0 Å². The smallest absolute Gasteiger partial charge is 0.0437 e. The molecular weight excluding hydrogens is 220 g/mol. The number of nitrogens with zero attached hydrogens (tertiary/aromatic N) is 1. The van der Waals surface area contributed by atoms with E-state index in [2.05, 4.69) is 49.1 Å². The lowest BCUT2D eigenvalue weighted by molar-refractivity contribution is 0.869. The molecule has 0 aliphatic carbocycles. The number of benzene rings is 2. The predicted octanol–water partition coefficient (Wildman–Crippen LogP) is 3.41. The minimum Gasteiger partial charge on any atom is -0.399 e. The van der Waals surface area contributed by atoms with Gasteiger partial charge in [-0.2, -0.15) is 0 Å². The van der Waals surface area contributed by atoms with Crippen LogP contribution in [0.15, 0.2) is 36.4 Å². The van der Waals surface area contributed by atoms with E-state index in [4.69, 9.17) is 5.73 Å². The molecule has 92 valence electrons. The standard InChI is InChI=1S/C16H18N2/c1-11-4-3-5-12(2)16(11)18-9-13-6-7-15(17)8-14(13)10-18/h3-8H,9-10,17H2,1-2H3. The van der Waals surface area contributed by atoms with Crippen molar-refractivity contribution in [3.63, 3.8) is 0 Å². The van der Waals surface area contributed by atoms with Gasteiger partial charge in [-0.25, -0.2) is 0 Å². The van der Waals surface area contributed by atoms with E-state index in [1.165, 1.54) is 27.9 Å². The molecule has 0 amide bonds. The summed E-state index contributed by atoms with van der Waals surface area (Å²) >= 11 is 0. The highest BCUT2D eigenvalue weighted by atomic mass is 15.1. The van der Waals surface area contributed by atoms with Crippen LogP contribution in [0.3, 0.4) is 0 Å². The summed E-state index contributed by atoms with van der Waals surface area (Å²) < 4.78 is 0. The highest BCUT2D eigenvalue weighted by molar-refractivity contribution is 5.62. The Balaban J connectivity index is 1.99. The second-order valence-electron chi connectivity index (χ2n) is 5.12. The molecule has 0 radical (unpaired) electrons. The molecule has 1 heterocycles. The zero-order chi connectivity index (χ0) is 12.7. The van der Waals surface area contributed by atoms with Crippen molar-refractivity contribution in [2.24, 2.45) is 0 Å². The van der Waals surface area contributed by atoms with Gasteiger partial charge in [0.1, 0.15) is 0 Å². The molecule has 0 fully saturated rings. The molecule has 0 saturated carbocycles. The summed E-state index contributed by atoms with van der Waals surface area (Å²) in [5.74, 6) is 0. The molecule has 1 aliphatic rings. The van der Waals surface area contributed by atoms with Crippen LogP contribution in [0.2, 0.25) is 0 Å². The van der Waals surface area contributed by atoms with E-state index in [1.54, 1.807) is 0 Å². The number of nitrogens with two attached hydrogens (primary N) is 1. The fourth-order valence-electron chi connectivity index (χ4n) is 2.88. The zero-order valence-corrected chi connectivity index (χ0v) is 10.9. The van der Waals surface area contributed by atoms with Gasteiger partial charge in [0.25, 0.3) is 0 Å². The van der Waals surface area contributed by atoms with E-state index in [1.807, 2.05) is 6.07 Å². The van der Waals surface area contributed by atoms with Gasteiger partial charge in [-0.05, 0) is 48.2 Å². The minimum atomic E-state index is 0.858. The van der Waals surface area contributed by atoms with Crippen LogP contribution in [0, 0.1) is 13.8 Å². The number of fused-ring (bicyclic) bond motifs is 1. The van der Waals surface area contributed by atoms with Gasteiger partial charge in [0, 0.05) is 24.5 Å². The van der Waals surface area contributed by atoms with Crippen LogP contribution in [-0.2, 0) is 13.1 Å². The summed E-state index contributed by atoms with van der Waals surface area (Å²) in [5, 5.41) is 0. The summed E-state index contributed by atoms with van der Waals surface area (Å²) in [5.41, 5.74) is 13.5. The van der Waals surface area contributed by atoms with E-state index >= 15 is 0 Å². The van der Waals surface area contributed by atoms with Gasteiger partial charge in [-0.3, -0.25) is 0 Å². The fraction of sp³-hybridized carbons (Fsp3) is 0.250. The second-order valence-corrected chi connectivity index (χ2v) is 5.12. The van der Waals surface area contributed by atoms with E-state index in [0.717, 1.165) is 18.8 Å². The number of anilines is 2. The molecule has 1 aliphatic heterocycles. The summed E-state index contributed by atoms with van der Waals surface area (Å²) in [6.45, 7) is 6.31. The molecule has 2 aromatic carbocycles. The molecule has 2 N–H and O–H groups in total. The van der Waals surface area contributed by atoms with Crippen LogP contribution < -0.4 is 10.6 Å². The maximum Gasteiger partial charge on any atom is 0.0437 e. The molecule has 0 saturated heterocycles. The third-order valence-corrected chi connectivity index (χ3v) is 3.71. The second kappa shape index (κ2) is 4.05. The number of aryl methyl sites for hydroxylation is 2. The molecule has 18 heavy (non-hydrogen) atoms. The first-order chi connectivity index (χ1) is 8.65. The van der Waals surface area contributed by atoms with Crippen molar-refractivity contribution < 1.29 is 0 Å². The molecule has 2 heteroatoms. The third-order valence-electron chi connectivity index (χ3n) is 3.71. The molecule has 2 nitrogen and oxygen atoms in total. The summed E-state index contributed by atoms with van der Waals surface area (Å²) in [6.07, 6.45) is 0. The van der Waals surface area contributed by atoms with Gasteiger partial charge < -0.3 is 10.6 Å². The van der Waals surface area contributed by atoms with E-state index in [-0.39, 0.29) is 0 Å². The zero-order valence-electron chi connectivity index (χ0n) is 10.9. The lowest BCUT2D eigenvalue weighted by Crippen LogP contribution is -2.16. The normalized spacial score (nSPS) is 13.8. The lowest BCUT2D eigenvalue weighted by atomic mass is 10.1. The van der Waals surface area contributed by atoms with Crippen LogP contribution in [0.1, 0.15) is 22.3 Å². The summed E-state index contributed by atoms with van der Waals surface area (Å²) in [7, 11) is 0. The van der Waals surface area contributed by atoms with Crippen LogP contribution >= 0.6 is 0 Å². The number of nitrogen functional groups attached to an aromatic ring is 1. The molecule has 0 atom stereocenters. The van der Waals surface area contributed by atoms with Crippen molar-refractivity contribution in [3.05, 3.63) is 58.7 Å². The number of hydrogen-bond donors (Lipinski definition) is 1. The third kappa shape index (κ3) is 1.74. The Labute approximate surface area is 108 Å². The first kappa shape index (κ1) is 11.1. The molecule has 0 spiro atoms. The van der Waals surface area contributed by atoms with Gasteiger partial charge >= 0.3 is 0 Å². The molecule has 0 aromatic heterocycles. The highest BCUT2D eigenvalue weighted by Crippen LogP contribution is 2.33. The Morgan fingerprint density at radius 1 is 0.944 bits per heavy atom. The largest absolute Gasteiger partial charge is 0.399 e. The first-order valence-corrected chi connectivity index (χ1v) is 6.33. The molecule has 0 unspecified atom stereocenters. The Kier molecular flexibility index (Phi) is 2.51. The number of rotatable bonds is 1. The first-order valence-electron chi connectivity index (χ1n) is 6.33. The average Bonchev–Trinajstić information content (AvgIpc) is 2.71. The van der Waals surface area contributed by atoms with Crippen LogP contribution in [-0.4, -0.2) is 0 Å². The number of para-hydroxylation sites is 1. The Hall–Kier alpha value is -1.96. The van der Waals surface area contributed by atoms with Crippen molar-refractivity contribution in [2.75, 3.05) is 10.6 Å². The Morgan fingerprint density at radius 3 is 2.33 bits per heavy atom. The lowest BCUT2D eigenvalue weighted by Gasteiger charge is -2.22. The highest BCUT2D eigenvalue weighted by Gasteiger charge is 2.21. The maximum absolute atomic E-state index is 5.86. The SMILES string of the molecule is Cc1cccc(C)c1N1Cc2ccc(N)cc2C1. The minimum absolute atomic E-state index is 0.858. The Bertz CT molecular complexity index is 582. The summed E-state index contributed by atoms with van der Waals surface area (Å²) in [4.78, 5) is 2.44. The average molecular weight is 238 g/mol. The van der Waals surface area contributed by atoms with Crippen molar-refractivity contribution in [1.82, 2.24) is 0 Å². The molecular formula is C16H18N2.